The lowest BCUT2D eigenvalue weighted by Crippen LogP contribution is -2.72. The van der Waals surface area contributed by atoms with Crippen LogP contribution in [0, 0.1) is 5.92 Å². The molecule has 1 unspecified atom stereocenters. The third-order valence-corrected chi connectivity index (χ3v) is 4.06. The average molecular weight is 312 g/mol. The SMILES string of the molecule is CC(CC1CC1)NC1(CC(=O)O)CN(C(=O)OC(C)(C)C)C1. The third kappa shape index (κ3) is 4.87. The zero-order chi connectivity index (χ0) is 16.5. The van der Waals surface area contributed by atoms with Crippen LogP contribution in [0.5, 0.6) is 0 Å². The van der Waals surface area contributed by atoms with E-state index in [9.17, 15) is 9.59 Å². The fourth-order valence-corrected chi connectivity index (χ4v) is 3.12. The lowest BCUT2D eigenvalue weighted by atomic mass is 9.85. The highest BCUT2D eigenvalue weighted by molar-refractivity contribution is 5.73. The quantitative estimate of drug-likeness (QED) is 0.786. The van der Waals surface area contributed by atoms with E-state index in [0.29, 0.717) is 13.1 Å². The molecular weight excluding hydrogens is 284 g/mol. The van der Waals surface area contributed by atoms with E-state index in [2.05, 4.69) is 12.2 Å². The van der Waals surface area contributed by atoms with Crippen LogP contribution in [-0.4, -0.2) is 52.3 Å². The average Bonchev–Trinajstić information content (AvgIpc) is 3.05. The second kappa shape index (κ2) is 6.07. The Bertz CT molecular complexity index is 434. The molecule has 2 aliphatic rings. The van der Waals surface area contributed by atoms with Crippen molar-refractivity contribution in [3.63, 3.8) is 0 Å². The minimum absolute atomic E-state index is 0.0291. The molecule has 0 aromatic carbocycles. The molecule has 0 aromatic heterocycles. The molecule has 22 heavy (non-hydrogen) atoms. The van der Waals surface area contributed by atoms with Crippen LogP contribution in [0.25, 0.3) is 0 Å². The van der Waals surface area contributed by atoms with Gasteiger partial charge in [0.05, 0.1) is 12.0 Å². The van der Waals surface area contributed by atoms with Crippen LogP contribution >= 0.6 is 0 Å². The number of ether oxygens (including phenoxy) is 1. The van der Waals surface area contributed by atoms with Crippen molar-refractivity contribution < 1.29 is 19.4 Å². The minimum atomic E-state index is -0.838. The molecule has 2 rings (SSSR count). The van der Waals surface area contributed by atoms with E-state index >= 15 is 0 Å². The van der Waals surface area contributed by atoms with Gasteiger partial charge in [-0.3, -0.25) is 4.79 Å². The van der Waals surface area contributed by atoms with Gasteiger partial charge in [-0.2, -0.15) is 0 Å². The molecule has 0 bridgehead atoms. The summed E-state index contributed by atoms with van der Waals surface area (Å²) in [7, 11) is 0. The monoisotopic (exact) mass is 312 g/mol. The Morgan fingerprint density at radius 1 is 1.36 bits per heavy atom. The first-order valence-corrected chi connectivity index (χ1v) is 8.06. The Morgan fingerprint density at radius 2 is 1.95 bits per heavy atom. The number of carboxylic acid groups (broad SMARTS) is 1. The summed E-state index contributed by atoms with van der Waals surface area (Å²) in [5, 5.41) is 12.6. The van der Waals surface area contributed by atoms with E-state index in [0.717, 1.165) is 12.3 Å². The topological polar surface area (TPSA) is 78.9 Å². The molecule has 6 heteroatoms. The van der Waals surface area contributed by atoms with Crippen molar-refractivity contribution in [1.29, 1.82) is 0 Å². The number of carbonyl (C=O) groups is 2. The smallest absolute Gasteiger partial charge is 0.410 e. The highest BCUT2D eigenvalue weighted by atomic mass is 16.6. The van der Waals surface area contributed by atoms with Crippen molar-refractivity contribution in [2.45, 2.75) is 70.6 Å². The number of hydrogen-bond donors (Lipinski definition) is 2. The van der Waals surface area contributed by atoms with E-state index in [1.165, 1.54) is 12.8 Å². The van der Waals surface area contributed by atoms with Gasteiger partial charge in [-0.15, -0.1) is 0 Å². The molecule has 1 atom stereocenters. The summed E-state index contributed by atoms with van der Waals surface area (Å²) < 4.78 is 5.33. The molecule has 0 spiro atoms. The zero-order valence-electron chi connectivity index (χ0n) is 14.0. The molecular formula is C16H28N2O4. The maximum Gasteiger partial charge on any atom is 0.410 e. The molecule has 0 aromatic rings. The fourth-order valence-electron chi connectivity index (χ4n) is 3.12. The summed E-state index contributed by atoms with van der Waals surface area (Å²) in [5.74, 6) is -0.0543. The molecule has 2 N–H and O–H groups in total. The molecule has 6 nitrogen and oxygen atoms in total. The summed E-state index contributed by atoms with van der Waals surface area (Å²) in [6.45, 7) is 8.35. The number of nitrogens with zero attached hydrogens (tertiary/aromatic N) is 1. The van der Waals surface area contributed by atoms with Crippen molar-refractivity contribution in [2.75, 3.05) is 13.1 Å². The van der Waals surface area contributed by atoms with Crippen molar-refractivity contribution in [3.8, 4) is 0 Å². The van der Waals surface area contributed by atoms with Crippen molar-refractivity contribution in [1.82, 2.24) is 10.2 Å². The highest BCUT2D eigenvalue weighted by Gasteiger charge is 2.48. The minimum Gasteiger partial charge on any atom is -0.481 e. The zero-order valence-corrected chi connectivity index (χ0v) is 14.0. The summed E-state index contributed by atoms with van der Waals surface area (Å²) in [6.07, 6.45) is 3.30. The lowest BCUT2D eigenvalue weighted by Gasteiger charge is -2.51. The lowest BCUT2D eigenvalue weighted by molar-refractivity contribution is -0.141. The number of amides is 1. The maximum absolute atomic E-state index is 12.0. The Hall–Kier alpha value is -1.30. The second-order valence-electron chi connectivity index (χ2n) is 7.91. The molecule has 0 radical (unpaired) electrons. The van der Waals surface area contributed by atoms with Crippen molar-refractivity contribution >= 4 is 12.1 Å². The predicted molar refractivity (Wildman–Crippen MR) is 82.7 cm³/mol. The first-order valence-electron chi connectivity index (χ1n) is 8.06. The molecule has 126 valence electrons. The van der Waals surface area contributed by atoms with E-state index in [-0.39, 0.29) is 18.6 Å². The standard InChI is InChI=1S/C16H28N2O4/c1-11(7-12-5-6-12)17-16(8-13(19)20)9-18(10-16)14(21)22-15(2,3)4/h11-12,17H,5-10H2,1-4H3,(H,19,20). The van der Waals surface area contributed by atoms with Crippen LogP contribution < -0.4 is 5.32 Å². The number of hydrogen-bond acceptors (Lipinski definition) is 4. The second-order valence-corrected chi connectivity index (χ2v) is 7.91. The van der Waals surface area contributed by atoms with Crippen LogP contribution in [0.3, 0.4) is 0 Å². The molecule has 1 saturated heterocycles. The summed E-state index contributed by atoms with van der Waals surface area (Å²) >= 11 is 0. The summed E-state index contributed by atoms with van der Waals surface area (Å²) in [5.41, 5.74) is -1.05. The van der Waals surface area contributed by atoms with Gasteiger partial charge in [-0.25, -0.2) is 4.79 Å². The normalized spacial score (nSPS) is 21.9. The summed E-state index contributed by atoms with van der Waals surface area (Å²) in [6, 6.07) is 0.271. The van der Waals surface area contributed by atoms with Gasteiger partial charge >= 0.3 is 12.1 Å². The predicted octanol–water partition coefficient (Wildman–Crippen LogP) is 2.23. The first-order chi connectivity index (χ1) is 10.1. The van der Waals surface area contributed by atoms with Gasteiger partial charge in [0.15, 0.2) is 0 Å². The van der Waals surface area contributed by atoms with Gasteiger partial charge in [0, 0.05) is 19.1 Å². The molecule has 2 fully saturated rings. The van der Waals surface area contributed by atoms with Crippen LogP contribution in [0.1, 0.15) is 53.4 Å². The molecule has 1 aliphatic carbocycles. The van der Waals surface area contributed by atoms with Gasteiger partial charge in [0.2, 0.25) is 0 Å². The highest BCUT2D eigenvalue weighted by Crippen LogP contribution is 2.35. The maximum atomic E-state index is 12.0. The Labute approximate surface area is 132 Å². The molecule has 1 aliphatic heterocycles. The summed E-state index contributed by atoms with van der Waals surface area (Å²) in [4.78, 5) is 24.7. The Morgan fingerprint density at radius 3 is 2.41 bits per heavy atom. The van der Waals surface area contributed by atoms with E-state index in [4.69, 9.17) is 9.84 Å². The van der Waals surface area contributed by atoms with Gasteiger partial charge in [0.25, 0.3) is 0 Å². The third-order valence-electron chi connectivity index (χ3n) is 4.06. The van der Waals surface area contributed by atoms with Crippen molar-refractivity contribution in [2.24, 2.45) is 5.92 Å². The number of aliphatic carboxylic acids is 1. The Balaban J connectivity index is 1.89. The van der Waals surface area contributed by atoms with Crippen molar-refractivity contribution in [3.05, 3.63) is 0 Å². The van der Waals surface area contributed by atoms with Gasteiger partial charge in [-0.05, 0) is 40.0 Å². The van der Waals surface area contributed by atoms with Gasteiger partial charge < -0.3 is 20.1 Å². The number of carboxylic acids is 1. The Kier molecular flexibility index (Phi) is 4.70. The van der Waals surface area contributed by atoms with E-state index in [1.807, 2.05) is 20.8 Å². The first kappa shape index (κ1) is 17.1. The van der Waals surface area contributed by atoms with Crippen LogP contribution in [0.15, 0.2) is 0 Å². The number of carbonyl (C=O) groups excluding carboxylic acids is 1. The molecule has 1 heterocycles. The largest absolute Gasteiger partial charge is 0.481 e. The van der Waals surface area contributed by atoms with E-state index < -0.39 is 17.1 Å². The van der Waals surface area contributed by atoms with Crippen LogP contribution in [0.2, 0.25) is 0 Å². The van der Waals surface area contributed by atoms with Gasteiger partial charge in [-0.1, -0.05) is 12.8 Å². The van der Waals surface area contributed by atoms with E-state index in [1.54, 1.807) is 4.90 Å². The van der Waals surface area contributed by atoms with Crippen LogP contribution in [0.4, 0.5) is 4.79 Å². The molecule has 1 saturated carbocycles. The van der Waals surface area contributed by atoms with Crippen LogP contribution in [-0.2, 0) is 9.53 Å². The van der Waals surface area contributed by atoms with Gasteiger partial charge in [0.1, 0.15) is 5.60 Å². The fraction of sp³-hybridized carbons (Fsp3) is 0.875. The number of nitrogens with one attached hydrogen (secondary N) is 1. The molecule has 1 amide bonds. The number of likely N-dealkylation sites (tertiary alicyclic amines) is 1. The number of rotatable bonds is 6.